The summed E-state index contributed by atoms with van der Waals surface area (Å²) in [6.45, 7) is 9.77. The first-order valence-electron chi connectivity index (χ1n) is 12.1. The number of ether oxygens (including phenoxy) is 3. The van der Waals surface area contributed by atoms with E-state index in [0.29, 0.717) is 18.3 Å². The molecule has 3 fully saturated rings. The number of likely N-dealkylation sites (tertiary alicyclic amines) is 1. The molecule has 3 aliphatic heterocycles. The highest BCUT2D eigenvalue weighted by Crippen LogP contribution is 2.37. The van der Waals surface area contributed by atoms with Crippen LogP contribution in [0.2, 0.25) is 0 Å². The fourth-order valence-corrected chi connectivity index (χ4v) is 5.37. The molecule has 0 aliphatic carbocycles. The van der Waals surface area contributed by atoms with E-state index >= 15 is 0 Å². The maximum Gasteiger partial charge on any atom is 0.160 e. The zero-order valence-electron chi connectivity index (χ0n) is 19.6. The van der Waals surface area contributed by atoms with Crippen LogP contribution in [0.4, 0.5) is 5.82 Å². The lowest BCUT2D eigenvalue weighted by Gasteiger charge is -2.39. The van der Waals surface area contributed by atoms with Gasteiger partial charge in [-0.3, -0.25) is 4.90 Å². The second kappa shape index (κ2) is 9.44. The zero-order chi connectivity index (χ0) is 23.0. The van der Waals surface area contributed by atoms with Gasteiger partial charge in [0.2, 0.25) is 0 Å². The number of hydrogen-bond donors (Lipinski definition) is 2. The van der Waals surface area contributed by atoms with Gasteiger partial charge in [-0.25, -0.2) is 9.50 Å². The molecule has 5 heterocycles. The Morgan fingerprint density at radius 3 is 2.82 bits per heavy atom. The van der Waals surface area contributed by atoms with Gasteiger partial charge >= 0.3 is 0 Å². The molecule has 3 saturated heterocycles. The second-order valence-corrected chi connectivity index (χ2v) is 9.93. The fourth-order valence-electron chi connectivity index (χ4n) is 5.37. The first kappa shape index (κ1) is 22.9. The Kier molecular flexibility index (Phi) is 6.56. The topological polar surface area (TPSA) is 111 Å². The Bertz CT molecular complexity index is 941. The summed E-state index contributed by atoms with van der Waals surface area (Å²) < 4.78 is 20.3. The molecule has 4 atom stereocenters. The van der Waals surface area contributed by atoms with Gasteiger partial charge in [-0.15, -0.1) is 0 Å². The van der Waals surface area contributed by atoms with Crippen molar-refractivity contribution in [2.45, 2.75) is 63.3 Å². The Balaban J connectivity index is 1.34. The first-order valence-corrected chi connectivity index (χ1v) is 12.1. The number of aliphatic hydroxyl groups is 1. The third kappa shape index (κ3) is 5.16. The maximum absolute atomic E-state index is 10.4. The number of rotatable bonds is 7. The van der Waals surface area contributed by atoms with Crippen LogP contribution in [-0.2, 0) is 14.2 Å². The van der Waals surface area contributed by atoms with E-state index in [0.717, 1.165) is 44.1 Å². The fraction of sp³-hybridized carbons (Fsp3) is 0.739. The number of anilines is 1. The molecule has 5 rings (SSSR count). The van der Waals surface area contributed by atoms with Gasteiger partial charge in [0.25, 0.3) is 0 Å². The predicted molar refractivity (Wildman–Crippen MR) is 123 cm³/mol. The molecule has 0 radical (unpaired) electrons. The van der Waals surface area contributed by atoms with Crippen molar-refractivity contribution in [1.82, 2.24) is 24.4 Å². The average Bonchev–Trinajstić information content (AvgIpc) is 3.49. The molecule has 3 aliphatic rings. The lowest BCUT2D eigenvalue weighted by Crippen LogP contribution is -2.54. The molecule has 0 amide bonds. The minimum atomic E-state index is -1.24. The van der Waals surface area contributed by atoms with Crippen LogP contribution < -0.4 is 5.73 Å². The Hall–Kier alpha value is -1.82. The van der Waals surface area contributed by atoms with Crippen molar-refractivity contribution in [3.05, 3.63) is 24.2 Å². The summed E-state index contributed by atoms with van der Waals surface area (Å²) in [4.78, 5) is 9.09. The molecule has 10 heteroatoms. The maximum atomic E-state index is 10.4. The molecule has 182 valence electrons. The van der Waals surface area contributed by atoms with Crippen LogP contribution in [0.25, 0.3) is 5.52 Å². The van der Waals surface area contributed by atoms with E-state index in [-0.39, 0.29) is 18.3 Å². The number of fused-ring (bicyclic) bond motifs is 1. The van der Waals surface area contributed by atoms with Crippen molar-refractivity contribution in [3.63, 3.8) is 0 Å². The molecule has 10 nitrogen and oxygen atoms in total. The molecule has 3 N–H and O–H groups in total. The van der Waals surface area contributed by atoms with Crippen LogP contribution >= 0.6 is 0 Å². The van der Waals surface area contributed by atoms with E-state index in [9.17, 15) is 5.11 Å². The molecule has 0 aromatic carbocycles. The molecule has 0 saturated carbocycles. The molecule has 2 aromatic heterocycles. The summed E-state index contributed by atoms with van der Waals surface area (Å²) in [5.74, 6) is -0.803. The van der Waals surface area contributed by atoms with Crippen LogP contribution in [0.15, 0.2) is 18.5 Å². The average molecular weight is 461 g/mol. The van der Waals surface area contributed by atoms with Gasteiger partial charge < -0.3 is 30.0 Å². The predicted octanol–water partition coefficient (Wildman–Crippen LogP) is 1.05. The molecule has 1 unspecified atom stereocenters. The summed E-state index contributed by atoms with van der Waals surface area (Å²) in [6.07, 6.45) is 4.02. The van der Waals surface area contributed by atoms with E-state index in [1.165, 1.54) is 32.3 Å². The SMILES string of the molecule is CC(C)(O)OC1C[C@H](c2ccc3c(N)ncnn23)O[C@@H]1CN1CCOC[C@H]1CN1CCCC1. The van der Waals surface area contributed by atoms with Crippen molar-refractivity contribution >= 4 is 11.3 Å². The highest BCUT2D eigenvalue weighted by Gasteiger charge is 2.42. The van der Waals surface area contributed by atoms with Gasteiger partial charge in [0.15, 0.2) is 11.6 Å². The minimum absolute atomic E-state index is 0.176. The normalized spacial score (nSPS) is 29.9. The van der Waals surface area contributed by atoms with Crippen molar-refractivity contribution < 1.29 is 19.3 Å². The van der Waals surface area contributed by atoms with Gasteiger partial charge in [0.05, 0.1) is 31.1 Å². The van der Waals surface area contributed by atoms with Crippen molar-refractivity contribution in [2.75, 3.05) is 51.7 Å². The number of morpholine rings is 1. The summed E-state index contributed by atoms with van der Waals surface area (Å²) in [5.41, 5.74) is 7.70. The number of nitrogen functional groups attached to an aromatic ring is 1. The number of nitrogens with two attached hydrogens (primary N) is 1. The van der Waals surface area contributed by atoms with Crippen LogP contribution in [0.1, 0.15) is 44.9 Å². The third-order valence-corrected chi connectivity index (χ3v) is 6.91. The molecule has 0 spiro atoms. The second-order valence-electron chi connectivity index (χ2n) is 9.93. The van der Waals surface area contributed by atoms with Crippen LogP contribution in [0, 0.1) is 0 Å². The summed E-state index contributed by atoms with van der Waals surface area (Å²) in [5, 5.41) is 14.8. The summed E-state index contributed by atoms with van der Waals surface area (Å²) in [7, 11) is 0. The van der Waals surface area contributed by atoms with Crippen LogP contribution in [0.5, 0.6) is 0 Å². The Morgan fingerprint density at radius 2 is 2.03 bits per heavy atom. The highest BCUT2D eigenvalue weighted by atomic mass is 16.6. The zero-order valence-corrected chi connectivity index (χ0v) is 19.6. The molecule has 33 heavy (non-hydrogen) atoms. The largest absolute Gasteiger partial charge is 0.382 e. The standard InChI is InChI=1S/C23H36N6O4/c1-23(2,30)33-20-11-19(17-5-6-18-22(24)25-15-26-29(17)18)32-21(20)13-28-9-10-31-14-16(28)12-27-7-3-4-8-27/h5-6,15-16,19-21,30H,3-4,7-14H2,1-2H3,(H2,24,25,26)/t16-,19-,20?,21-/m1/s1. The minimum Gasteiger partial charge on any atom is -0.382 e. The van der Waals surface area contributed by atoms with E-state index in [1.807, 2.05) is 12.1 Å². The first-order chi connectivity index (χ1) is 15.9. The van der Waals surface area contributed by atoms with Crippen molar-refractivity contribution in [1.29, 1.82) is 0 Å². The smallest absolute Gasteiger partial charge is 0.160 e. The lowest BCUT2D eigenvalue weighted by atomic mass is 10.1. The monoisotopic (exact) mass is 460 g/mol. The van der Waals surface area contributed by atoms with Gasteiger partial charge in [-0.1, -0.05) is 0 Å². The summed E-state index contributed by atoms with van der Waals surface area (Å²) in [6, 6.07) is 4.24. The van der Waals surface area contributed by atoms with E-state index in [2.05, 4.69) is 19.9 Å². The van der Waals surface area contributed by atoms with E-state index in [1.54, 1.807) is 18.4 Å². The van der Waals surface area contributed by atoms with Gasteiger partial charge in [-0.05, 0) is 51.9 Å². The van der Waals surface area contributed by atoms with Crippen LogP contribution in [-0.4, -0.2) is 99.5 Å². The number of aromatic nitrogens is 3. The van der Waals surface area contributed by atoms with E-state index in [4.69, 9.17) is 19.9 Å². The van der Waals surface area contributed by atoms with Crippen LogP contribution in [0.3, 0.4) is 0 Å². The third-order valence-electron chi connectivity index (χ3n) is 6.91. The van der Waals surface area contributed by atoms with Gasteiger partial charge in [0.1, 0.15) is 17.9 Å². The molecule has 0 bridgehead atoms. The molecular formula is C23H36N6O4. The quantitative estimate of drug-likeness (QED) is 0.586. The Labute approximate surface area is 194 Å². The van der Waals surface area contributed by atoms with E-state index < -0.39 is 5.79 Å². The van der Waals surface area contributed by atoms with Crippen molar-refractivity contribution in [3.8, 4) is 0 Å². The van der Waals surface area contributed by atoms with Crippen molar-refractivity contribution in [2.24, 2.45) is 0 Å². The van der Waals surface area contributed by atoms with Gasteiger partial charge in [0, 0.05) is 32.1 Å². The lowest BCUT2D eigenvalue weighted by molar-refractivity contribution is -0.216. The summed E-state index contributed by atoms with van der Waals surface area (Å²) >= 11 is 0. The molecule has 2 aromatic rings. The van der Waals surface area contributed by atoms with Gasteiger partial charge in [-0.2, -0.15) is 5.10 Å². The molecular weight excluding hydrogens is 424 g/mol. The highest BCUT2D eigenvalue weighted by molar-refractivity contribution is 5.65. The number of hydrogen-bond acceptors (Lipinski definition) is 9. The number of nitrogens with zero attached hydrogens (tertiary/aromatic N) is 5. The Morgan fingerprint density at radius 1 is 1.21 bits per heavy atom.